The molecule has 0 saturated heterocycles. The standard InChI is InChI=1S/C16H12BrNO3S/c1-21-14-6-2-12(3-7-14)10-16(11-18)22(19,20)15-8-4-13(17)5-9-15/h2-10H,1H3/b16-10-. The minimum atomic E-state index is -3.83. The summed E-state index contributed by atoms with van der Waals surface area (Å²) >= 11 is 3.25. The van der Waals surface area contributed by atoms with Crippen LogP contribution in [-0.4, -0.2) is 15.5 Å². The highest BCUT2D eigenvalue weighted by Crippen LogP contribution is 2.23. The highest BCUT2D eigenvalue weighted by molar-refractivity contribution is 9.10. The Hall–Kier alpha value is -2.10. The van der Waals surface area contributed by atoms with E-state index >= 15 is 0 Å². The summed E-state index contributed by atoms with van der Waals surface area (Å²) in [6, 6.07) is 14.7. The van der Waals surface area contributed by atoms with E-state index in [1.165, 1.54) is 18.2 Å². The van der Waals surface area contributed by atoms with E-state index in [-0.39, 0.29) is 9.80 Å². The van der Waals surface area contributed by atoms with Gasteiger partial charge in [0.1, 0.15) is 16.7 Å². The average Bonchev–Trinajstić information content (AvgIpc) is 2.53. The second-order valence-corrected chi connectivity index (χ2v) is 7.18. The van der Waals surface area contributed by atoms with Gasteiger partial charge in [-0.15, -0.1) is 0 Å². The third kappa shape index (κ3) is 3.56. The molecule has 0 radical (unpaired) electrons. The van der Waals surface area contributed by atoms with Crippen molar-refractivity contribution in [2.24, 2.45) is 0 Å². The molecule has 0 spiro atoms. The van der Waals surface area contributed by atoms with Gasteiger partial charge in [0.2, 0.25) is 9.84 Å². The molecule has 2 rings (SSSR count). The summed E-state index contributed by atoms with van der Waals surface area (Å²) in [6.45, 7) is 0. The first kappa shape index (κ1) is 16.3. The lowest BCUT2D eigenvalue weighted by Gasteiger charge is -2.04. The monoisotopic (exact) mass is 377 g/mol. The van der Waals surface area contributed by atoms with Crippen molar-refractivity contribution in [3.05, 3.63) is 63.5 Å². The van der Waals surface area contributed by atoms with Crippen molar-refractivity contribution < 1.29 is 13.2 Å². The van der Waals surface area contributed by atoms with Crippen LogP contribution in [0, 0.1) is 11.3 Å². The average molecular weight is 378 g/mol. The number of hydrogen-bond donors (Lipinski definition) is 0. The first-order valence-corrected chi connectivity index (χ1v) is 8.51. The molecule has 112 valence electrons. The Morgan fingerprint density at radius 3 is 2.23 bits per heavy atom. The van der Waals surface area contributed by atoms with Crippen LogP contribution >= 0.6 is 15.9 Å². The Bertz CT molecular complexity index is 832. The van der Waals surface area contributed by atoms with Crippen LogP contribution in [0.3, 0.4) is 0 Å². The summed E-state index contributed by atoms with van der Waals surface area (Å²) in [4.78, 5) is -0.225. The number of rotatable bonds is 4. The molecule has 22 heavy (non-hydrogen) atoms. The number of nitriles is 1. The normalized spacial score (nSPS) is 11.8. The predicted octanol–water partition coefficient (Wildman–Crippen LogP) is 3.80. The van der Waals surface area contributed by atoms with Crippen molar-refractivity contribution in [2.45, 2.75) is 4.90 Å². The van der Waals surface area contributed by atoms with Crippen molar-refractivity contribution in [1.29, 1.82) is 5.26 Å². The summed E-state index contributed by atoms with van der Waals surface area (Å²) in [5.41, 5.74) is 0.609. The zero-order chi connectivity index (χ0) is 16.2. The molecular weight excluding hydrogens is 366 g/mol. The van der Waals surface area contributed by atoms with E-state index in [0.29, 0.717) is 11.3 Å². The van der Waals surface area contributed by atoms with E-state index in [1.54, 1.807) is 49.6 Å². The van der Waals surface area contributed by atoms with Gasteiger partial charge in [-0.2, -0.15) is 5.26 Å². The molecule has 0 amide bonds. The van der Waals surface area contributed by atoms with Crippen LogP contribution in [0.15, 0.2) is 62.8 Å². The minimum Gasteiger partial charge on any atom is -0.497 e. The van der Waals surface area contributed by atoms with Gasteiger partial charge in [0.15, 0.2) is 0 Å². The molecule has 0 aromatic heterocycles. The molecule has 2 aromatic carbocycles. The molecule has 0 bridgehead atoms. The van der Waals surface area contributed by atoms with Crippen LogP contribution in [-0.2, 0) is 9.84 Å². The van der Waals surface area contributed by atoms with E-state index in [4.69, 9.17) is 4.74 Å². The van der Waals surface area contributed by atoms with Crippen LogP contribution in [0.25, 0.3) is 6.08 Å². The summed E-state index contributed by atoms with van der Waals surface area (Å²) in [5, 5.41) is 9.21. The highest BCUT2D eigenvalue weighted by atomic mass is 79.9. The van der Waals surface area contributed by atoms with Gasteiger partial charge >= 0.3 is 0 Å². The van der Waals surface area contributed by atoms with E-state index in [1.807, 2.05) is 0 Å². The SMILES string of the molecule is COc1ccc(/C=C(/C#N)S(=O)(=O)c2ccc(Br)cc2)cc1. The minimum absolute atomic E-state index is 0.0806. The summed E-state index contributed by atoms with van der Waals surface area (Å²) in [7, 11) is -2.29. The van der Waals surface area contributed by atoms with Gasteiger partial charge in [0, 0.05) is 4.47 Å². The Labute approximate surface area is 137 Å². The van der Waals surface area contributed by atoms with Gasteiger partial charge in [-0.1, -0.05) is 28.1 Å². The Morgan fingerprint density at radius 1 is 1.14 bits per heavy atom. The largest absolute Gasteiger partial charge is 0.497 e. The number of methoxy groups -OCH3 is 1. The third-order valence-corrected chi connectivity index (χ3v) is 5.15. The Balaban J connectivity index is 2.43. The molecule has 0 N–H and O–H groups in total. The number of allylic oxidation sites excluding steroid dienone is 1. The zero-order valence-corrected chi connectivity index (χ0v) is 14.1. The van der Waals surface area contributed by atoms with E-state index in [0.717, 1.165) is 4.47 Å². The third-order valence-electron chi connectivity index (χ3n) is 2.94. The smallest absolute Gasteiger partial charge is 0.216 e. The Morgan fingerprint density at radius 2 is 1.73 bits per heavy atom. The number of nitrogens with zero attached hydrogens (tertiary/aromatic N) is 1. The van der Waals surface area contributed by atoms with E-state index in [2.05, 4.69) is 15.9 Å². The second kappa shape index (κ2) is 6.77. The maximum absolute atomic E-state index is 12.5. The summed E-state index contributed by atoms with van der Waals surface area (Å²) < 4.78 is 30.8. The molecule has 0 fully saturated rings. The maximum atomic E-state index is 12.5. The number of halogens is 1. The van der Waals surface area contributed by atoms with Crippen molar-refractivity contribution in [2.75, 3.05) is 7.11 Å². The molecule has 0 aliphatic heterocycles. The molecule has 0 heterocycles. The lowest BCUT2D eigenvalue weighted by Crippen LogP contribution is -2.03. The van der Waals surface area contributed by atoms with Crippen LogP contribution in [0.4, 0.5) is 0 Å². The fraction of sp³-hybridized carbons (Fsp3) is 0.0625. The molecule has 0 aliphatic rings. The Kier molecular flexibility index (Phi) is 5.01. The van der Waals surface area contributed by atoms with Gasteiger partial charge in [-0.25, -0.2) is 8.42 Å². The van der Waals surface area contributed by atoms with Crippen molar-refractivity contribution in [3.63, 3.8) is 0 Å². The highest BCUT2D eigenvalue weighted by Gasteiger charge is 2.20. The molecular formula is C16H12BrNO3S. The topological polar surface area (TPSA) is 67.2 Å². The fourth-order valence-corrected chi connectivity index (χ4v) is 3.19. The molecule has 6 heteroatoms. The fourth-order valence-electron chi connectivity index (χ4n) is 1.76. The second-order valence-electron chi connectivity index (χ2n) is 4.35. The summed E-state index contributed by atoms with van der Waals surface area (Å²) in [5.74, 6) is 0.659. The van der Waals surface area contributed by atoms with Crippen LogP contribution < -0.4 is 4.74 Å². The predicted molar refractivity (Wildman–Crippen MR) is 87.9 cm³/mol. The van der Waals surface area contributed by atoms with Crippen LogP contribution in [0.1, 0.15) is 5.56 Å². The molecule has 0 saturated carbocycles. The van der Waals surface area contributed by atoms with Gasteiger partial charge < -0.3 is 4.74 Å². The van der Waals surface area contributed by atoms with Crippen LogP contribution in [0.5, 0.6) is 5.75 Å². The van der Waals surface area contributed by atoms with Gasteiger partial charge in [0.25, 0.3) is 0 Å². The zero-order valence-electron chi connectivity index (χ0n) is 11.7. The lowest BCUT2D eigenvalue weighted by molar-refractivity contribution is 0.415. The summed E-state index contributed by atoms with van der Waals surface area (Å²) in [6.07, 6.45) is 1.34. The molecule has 0 atom stereocenters. The quantitative estimate of drug-likeness (QED) is 0.759. The first-order chi connectivity index (χ1) is 10.5. The molecule has 2 aromatic rings. The van der Waals surface area contributed by atoms with Gasteiger partial charge in [-0.3, -0.25) is 0 Å². The molecule has 0 unspecified atom stereocenters. The first-order valence-electron chi connectivity index (χ1n) is 6.24. The number of ether oxygens (including phenoxy) is 1. The van der Waals surface area contributed by atoms with E-state index in [9.17, 15) is 13.7 Å². The number of benzene rings is 2. The molecule has 4 nitrogen and oxygen atoms in total. The van der Waals surface area contributed by atoms with Crippen molar-refractivity contribution in [1.82, 2.24) is 0 Å². The number of sulfone groups is 1. The van der Waals surface area contributed by atoms with E-state index < -0.39 is 9.84 Å². The lowest BCUT2D eigenvalue weighted by atomic mass is 10.2. The number of hydrogen-bond acceptors (Lipinski definition) is 4. The van der Waals surface area contributed by atoms with Crippen molar-refractivity contribution >= 4 is 31.8 Å². The van der Waals surface area contributed by atoms with Gasteiger partial charge in [0.05, 0.1) is 12.0 Å². The molecule has 0 aliphatic carbocycles. The van der Waals surface area contributed by atoms with Crippen LogP contribution in [0.2, 0.25) is 0 Å². The maximum Gasteiger partial charge on any atom is 0.216 e. The van der Waals surface area contributed by atoms with Gasteiger partial charge in [-0.05, 0) is 48.0 Å². The van der Waals surface area contributed by atoms with Crippen molar-refractivity contribution in [3.8, 4) is 11.8 Å².